The maximum Gasteiger partial charge on any atom is 0.129 e. The molecule has 1 aromatic carbocycles. The molecule has 2 bridgehead atoms. The molecule has 104 valence electrons. The molecular formula is C17H21N3. The highest BCUT2D eigenvalue weighted by Gasteiger charge is 2.29. The van der Waals surface area contributed by atoms with Crippen LogP contribution in [0.25, 0.3) is 10.9 Å². The average Bonchev–Trinajstić information content (AvgIpc) is 2.81. The van der Waals surface area contributed by atoms with Crippen molar-refractivity contribution in [2.45, 2.75) is 25.8 Å². The Hall–Kier alpha value is -1.61. The van der Waals surface area contributed by atoms with Crippen LogP contribution in [-0.4, -0.2) is 42.1 Å². The van der Waals surface area contributed by atoms with Crippen molar-refractivity contribution < 1.29 is 0 Å². The SMILES string of the molecule is Cc1cccc2ccc(N3CCN4CCC3CC4)nc12. The topological polar surface area (TPSA) is 19.4 Å². The number of nitrogens with zero attached hydrogens (tertiary/aromatic N) is 3. The minimum atomic E-state index is 0.683. The number of aryl methyl sites for hydroxylation is 1. The van der Waals surface area contributed by atoms with Gasteiger partial charge in [-0.1, -0.05) is 18.2 Å². The molecule has 0 atom stereocenters. The highest BCUT2D eigenvalue weighted by molar-refractivity contribution is 5.83. The Morgan fingerprint density at radius 3 is 2.70 bits per heavy atom. The van der Waals surface area contributed by atoms with Crippen LogP contribution in [0.4, 0.5) is 5.82 Å². The normalized spacial score (nSPS) is 25.9. The van der Waals surface area contributed by atoms with Crippen molar-refractivity contribution in [2.24, 2.45) is 0 Å². The molecule has 0 aliphatic carbocycles. The molecule has 5 rings (SSSR count). The van der Waals surface area contributed by atoms with Gasteiger partial charge in [0.25, 0.3) is 0 Å². The number of rotatable bonds is 1. The van der Waals surface area contributed by atoms with Crippen molar-refractivity contribution in [2.75, 3.05) is 31.1 Å². The maximum atomic E-state index is 4.96. The third kappa shape index (κ3) is 1.97. The van der Waals surface area contributed by atoms with Crippen LogP contribution in [0.3, 0.4) is 0 Å². The number of pyridine rings is 1. The molecule has 3 fully saturated rings. The molecule has 3 saturated heterocycles. The highest BCUT2D eigenvalue weighted by atomic mass is 15.3. The quantitative estimate of drug-likeness (QED) is 0.792. The summed E-state index contributed by atoms with van der Waals surface area (Å²) in [7, 11) is 0. The summed E-state index contributed by atoms with van der Waals surface area (Å²) in [6, 6.07) is 11.5. The summed E-state index contributed by atoms with van der Waals surface area (Å²) < 4.78 is 0. The molecule has 3 heteroatoms. The molecule has 0 saturated carbocycles. The van der Waals surface area contributed by atoms with Gasteiger partial charge in [-0.25, -0.2) is 4.98 Å². The Balaban J connectivity index is 1.76. The van der Waals surface area contributed by atoms with E-state index in [0.717, 1.165) is 12.1 Å². The van der Waals surface area contributed by atoms with E-state index in [9.17, 15) is 0 Å². The smallest absolute Gasteiger partial charge is 0.129 e. The third-order valence-corrected chi connectivity index (χ3v) is 4.86. The first-order valence-corrected chi connectivity index (χ1v) is 7.67. The van der Waals surface area contributed by atoms with Crippen LogP contribution < -0.4 is 4.90 Å². The summed E-state index contributed by atoms with van der Waals surface area (Å²) in [4.78, 5) is 10.1. The van der Waals surface area contributed by atoms with E-state index in [1.165, 1.54) is 49.2 Å². The molecule has 1 aromatic heterocycles. The predicted octanol–water partition coefficient (Wildman–Crippen LogP) is 2.83. The molecule has 0 unspecified atom stereocenters. The first-order valence-electron chi connectivity index (χ1n) is 7.67. The van der Waals surface area contributed by atoms with Gasteiger partial charge in [-0.3, -0.25) is 0 Å². The van der Waals surface area contributed by atoms with Gasteiger partial charge >= 0.3 is 0 Å². The summed E-state index contributed by atoms with van der Waals surface area (Å²) in [6.45, 7) is 6.97. The maximum absolute atomic E-state index is 4.96. The van der Waals surface area contributed by atoms with E-state index in [-0.39, 0.29) is 0 Å². The zero-order valence-corrected chi connectivity index (χ0v) is 12.0. The van der Waals surface area contributed by atoms with Crippen molar-refractivity contribution in [3.05, 3.63) is 35.9 Å². The van der Waals surface area contributed by atoms with Crippen molar-refractivity contribution in [1.29, 1.82) is 0 Å². The molecule has 3 aliphatic rings. The van der Waals surface area contributed by atoms with E-state index in [1.54, 1.807) is 0 Å². The average molecular weight is 267 g/mol. The number of piperidine rings is 1. The Morgan fingerprint density at radius 1 is 1.00 bits per heavy atom. The molecule has 3 aliphatic heterocycles. The van der Waals surface area contributed by atoms with Gasteiger partial charge in [-0.2, -0.15) is 0 Å². The van der Waals surface area contributed by atoms with Crippen LogP contribution >= 0.6 is 0 Å². The van der Waals surface area contributed by atoms with Crippen LogP contribution in [0.1, 0.15) is 18.4 Å². The molecule has 3 nitrogen and oxygen atoms in total. The lowest BCUT2D eigenvalue weighted by Gasteiger charge is -2.32. The number of benzene rings is 1. The van der Waals surface area contributed by atoms with Gasteiger partial charge in [0.05, 0.1) is 5.52 Å². The monoisotopic (exact) mass is 267 g/mol. The first kappa shape index (κ1) is 12.2. The standard InChI is InChI=1S/C17H21N3/c1-13-3-2-4-14-5-6-16(18-17(13)14)20-12-11-19-9-7-15(20)8-10-19/h2-6,15H,7-12H2,1H3. The summed E-state index contributed by atoms with van der Waals surface area (Å²) in [5, 5.41) is 1.25. The van der Waals surface area contributed by atoms with Crippen LogP contribution in [0, 0.1) is 6.92 Å². The molecule has 2 aromatic rings. The second kappa shape index (κ2) is 4.74. The van der Waals surface area contributed by atoms with Crippen molar-refractivity contribution >= 4 is 16.7 Å². The predicted molar refractivity (Wildman–Crippen MR) is 83.3 cm³/mol. The molecule has 0 amide bonds. The number of para-hydroxylation sites is 1. The summed E-state index contributed by atoms with van der Waals surface area (Å²) in [5.74, 6) is 1.17. The molecular weight excluding hydrogens is 246 g/mol. The molecule has 0 N–H and O–H groups in total. The van der Waals surface area contributed by atoms with Gasteiger partial charge < -0.3 is 9.80 Å². The Kier molecular flexibility index (Phi) is 2.88. The third-order valence-electron chi connectivity index (χ3n) is 4.86. The molecule has 0 radical (unpaired) electrons. The minimum absolute atomic E-state index is 0.683. The van der Waals surface area contributed by atoms with E-state index in [1.807, 2.05) is 0 Å². The first-order chi connectivity index (χ1) is 9.81. The summed E-state index contributed by atoms with van der Waals surface area (Å²) in [5.41, 5.74) is 2.43. The van der Waals surface area contributed by atoms with Crippen LogP contribution in [0.2, 0.25) is 0 Å². The number of hydrogen-bond acceptors (Lipinski definition) is 3. The van der Waals surface area contributed by atoms with E-state index in [0.29, 0.717) is 6.04 Å². The summed E-state index contributed by atoms with van der Waals surface area (Å²) >= 11 is 0. The van der Waals surface area contributed by atoms with Crippen LogP contribution in [0.15, 0.2) is 30.3 Å². The zero-order chi connectivity index (χ0) is 13.5. The fourth-order valence-corrected chi connectivity index (χ4v) is 3.63. The van der Waals surface area contributed by atoms with Gasteiger partial charge in [0.1, 0.15) is 5.82 Å². The number of aromatic nitrogens is 1. The highest BCUT2D eigenvalue weighted by Crippen LogP contribution is 2.27. The molecule has 0 spiro atoms. The van der Waals surface area contributed by atoms with Gasteiger partial charge in [0.15, 0.2) is 0 Å². The zero-order valence-electron chi connectivity index (χ0n) is 12.0. The Bertz CT molecular complexity index is 629. The van der Waals surface area contributed by atoms with Crippen molar-refractivity contribution in [3.8, 4) is 0 Å². The number of anilines is 1. The lowest BCUT2D eigenvalue weighted by Crippen LogP contribution is -2.38. The van der Waals surface area contributed by atoms with Crippen molar-refractivity contribution in [3.63, 3.8) is 0 Å². The molecule has 20 heavy (non-hydrogen) atoms. The fraction of sp³-hybridized carbons (Fsp3) is 0.471. The van der Waals surface area contributed by atoms with Gasteiger partial charge in [-0.05, 0) is 37.5 Å². The second-order valence-corrected chi connectivity index (χ2v) is 6.08. The van der Waals surface area contributed by atoms with E-state index >= 15 is 0 Å². The lowest BCUT2D eigenvalue weighted by atomic mass is 10.1. The fourth-order valence-electron chi connectivity index (χ4n) is 3.63. The second-order valence-electron chi connectivity index (χ2n) is 6.08. The summed E-state index contributed by atoms with van der Waals surface area (Å²) in [6.07, 6.45) is 2.57. The number of fused-ring (bicyclic) bond motifs is 5. The van der Waals surface area contributed by atoms with E-state index < -0.39 is 0 Å². The van der Waals surface area contributed by atoms with Crippen molar-refractivity contribution in [1.82, 2.24) is 9.88 Å². The lowest BCUT2D eigenvalue weighted by molar-refractivity contribution is 0.250. The Morgan fingerprint density at radius 2 is 1.85 bits per heavy atom. The van der Waals surface area contributed by atoms with Crippen LogP contribution in [0.5, 0.6) is 0 Å². The van der Waals surface area contributed by atoms with Gasteiger partial charge in [-0.15, -0.1) is 0 Å². The Labute approximate surface area is 120 Å². The minimum Gasteiger partial charge on any atom is -0.352 e. The largest absolute Gasteiger partial charge is 0.352 e. The van der Waals surface area contributed by atoms with Crippen LogP contribution in [-0.2, 0) is 0 Å². The van der Waals surface area contributed by atoms with Gasteiger partial charge in [0.2, 0.25) is 0 Å². The van der Waals surface area contributed by atoms with E-state index in [4.69, 9.17) is 4.98 Å². The molecule has 4 heterocycles. The number of hydrogen-bond donors (Lipinski definition) is 0. The van der Waals surface area contributed by atoms with Gasteiger partial charge in [0, 0.05) is 37.6 Å². The van der Waals surface area contributed by atoms with E-state index in [2.05, 4.69) is 47.1 Å².